The van der Waals surface area contributed by atoms with E-state index in [1.807, 2.05) is 31.2 Å². The number of aromatic nitrogens is 1. The van der Waals surface area contributed by atoms with Gasteiger partial charge < -0.3 is 24.2 Å². The molecule has 0 spiro atoms. The van der Waals surface area contributed by atoms with Crippen molar-refractivity contribution in [1.82, 2.24) is 5.16 Å². The van der Waals surface area contributed by atoms with Gasteiger partial charge in [0, 0.05) is 24.4 Å². The van der Waals surface area contributed by atoms with Crippen molar-refractivity contribution in [2.75, 3.05) is 23.9 Å². The van der Waals surface area contributed by atoms with Crippen molar-refractivity contribution in [3.63, 3.8) is 0 Å². The van der Waals surface area contributed by atoms with E-state index in [9.17, 15) is 9.59 Å². The third-order valence-corrected chi connectivity index (χ3v) is 4.75. The Hall–Kier alpha value is -3.81. The number of hydrogen-bond donors (Lipinski definition) is 1. The molecule has 4 rings (SSSR count). The number of fused-ring (bicyclic) bond motifs is 1. The highest BCUT2D eigenvalue weighted by Gasteiger charge is 2.29. The summed E-state index contributed by atoms with van der Waals surface area (Å²) in [6.45, 7) is 4.20. The van der Waals surface area contributed by atoms with Gasteiger partial charge in [-0.2, -0.15) is 0 Å². The number of carbonyl (C=O) groups is 2. The molecular formula is C22H21N3O5. The molecule has 30 heavy (non-hydrogen) atoms. The Morgan fingerprint density at radius 3 is 2.70 bits per heavy atom. The minimum Gasteiger partial charge on any atom is -0.494 e. The second-order valence-electron chi connectivity index (χ2n) is 6.83. The van der Waals surface area contributed by atoms with Crippen LogP contribution in [0, 0.1) is 0 Å². The van der Waals surface area contributed by atoms with Crippen LogP contribution >= 0.6 is 0 Å². The van der Waals surface area contributed by atoms with Crippen LogP contribution in [0.25, 0.3) is 11.3 Å². The van der Waals surface area contributed by atoms with Crippen molar-refractivity contribution < 1.29 is 23.6 Å². The number of anilines is 2. The standard InChI is InChI=1S/C22H21N3O5/c1-4-28-16-8-5-14(6-9-16)20-12-17(24-30-20)21(26)23-15-7-10-19-18(11-15)25(3)22(27)13(2)29-19/h5-13H,4H2,1-3H3,(H,23,26)/t13-/m0/s1. The van der Waals surface area contributed by atoms with E-state index in [0.717, 1.165) is 11.3 Å². The van der Waals surface area contributed by atoms with E-state index in [4.69, 9.17) is 14.0 Å². The van der Waals surface area contributed by atoms with Gasteiger partial charge in [0.15, 0.2) is 17.6 Å². The minimum absolute atomic E-state index is 0.144. The summed E-state index contributed by atoms with van der Waals surface area (Å²) in [5.41, 5.74) is 2.03. The molecule has 0 saturated heterocycles. The highest BCUT2D eigenvalue weighted by molar-refractivity contribution is 6.05. The lowest BCUT2D eigenvalue weighted by molar-refractivity contribution is -0.125. The molecule has 2 heterocycles. The van der Waals surface area contributed by atoms with Crippen LogP contribution in [0.3, 0.4) is 0 Å². The molecule has 0 bridgehead atoms. The first kappa shape index (κ1) is 19.5. The van der Waals surface area contributed by atoms with Crippen LogP contribution in [0.15, 0.2) is 53.1 Å². The zero-order chi connectivity index (χ0) is 21.3. The highest BCUT2D eigenvalue weighted by atomic mass is 16.5. The number of nitrogens with zero attached hydrogens (tertiary/aromatic N) is 2. The van der Waals surface area contributed by atoms with Crippen molar-refractivity contribution in [2.45, 2.75) is 20.0 Å². The maximum absolute atomic E-state index is 12.6. The maximum Gasteiger partial charge on any atom is 0.277 e. The van der Waals surface area contributed by atoms with Gasteiger partial charge in [0.1, 0.15) is 11.5 Å². The Balaban J connectivity index is 1.49. The second kappa shape index (κ2) is 7.90. The highest BCUT2D eigenvalue weighted by Crippen LogP contribution is 2.35. The molecular weight excluding hydrogens is 386 g/mol. The first-order valence-corrected chi connectivity index (χ1v) is 9.56. The fraction of sp³-hybridized carbons (Fsp3) is 0.227. The summed E-state index contributed by atoms with van der Waals surface area (Å²) in [4.78, 5) is 26.2. The zero-order valence-corrected chi connectivity index (χ0v) is 16.8. The maximum atomic E-state index is 12.6. The van der Waals surface area contributed by atoms with Gasteiger partial charge >= 0.3 is 0 Å². The van der Waals surface area contributed by atoms with Crippen molar-refractivity contribution in [1.29, 1.82) is 0 Å². The van der Waals surface area contributed by atoms with E-state index >= 15 is 0 Å². The molecule has 0 radical (unpaired) electrons. The molecule has 0 aliphatic carbocycles. The number of rotatable bonds is 5. The Kier molecular flexibility index (Phi) is 5.14. The molecule has 1 N–H and O–H groups in total. The lowest BCUT2D eigenvalue weighted by Gasteiger charge is -2.30. The van der Waals surface area contributed by atoms with Gasteiger partial charge in [-0.1, -0.05) is 5.16 Å². The number of nitrogens with one attached hydrogen (secondary N) is 1. The second-order valence-corrected chi connectivity index (χ2v) is 6.83. The monoisotopic (exact) mass is 407 g/mol. The van der Waals surface area contributed by atoms with Gasteiger partial charge in [-0.05, 0) is 56.3 Å². The molecule has 154 valence electrons. The fourth-order valence-electron chi connectivity index (χ4n) is 3.18. The summed E-state index contributed by atoms with van der Waals surface area (Å²) in [6.07, 6.45) is -0.543. The number of ether oxygens (including phenoxy) is 2. The Labute approximate surface area is 173 Å². The molecule has 0 fully saturated rings. The Morgan fingerprint density at radius 2 is 1.97 bits per heavy atom. The van der Waals surface area contributed by atoms with Crippen molar-refractivity contribution >= 4 is 23.2 Å². The molecule has 8 nitrogen and oxygen atoms in total. The van der Waals surface area contributed by atoms with Crippen LogP contribution in [0.1, 0.15) is 24.3 Å². The van der Waals surface area contributed by atoms with Gasteiger partial charge in [0.25, 0.3) is 11.8 Å². The fourth-order valence-corrected chi connectivity index (χ4v) is 3.18. The van der Waals surface area contributed by atoms with Crippen molar-refractivity contribution in [2.24, 2.45) is 0 Å². The summed E-state index contributed by atoms with van der Waals surface area (Å²) in [5, 5.41) is 6.63. The number of amides is 2. The van der Waals surface area contributed by atoms with Crippen LogP contribution in [-0.2, 0) is 4.79 Å². The molecule has 1 aliphatic rings. The quantitative estimate of drug-likeness (QED) is 0.693. The summed E-state index contributed by atoms with van der Waals surface area (Å²) >= 11 is 0. The number of benzene rings is 2. The average molecular weight is 407 g/mol. The van der Waals surface area contributed by atoms with Gasteiger partial charge in [0.2, 0.25) is 0 Å². The summed E-state index contributed by atoms with van der Waals surface area (Å²) < 4.78 is 16.3. The van der Waals surface area contributed by atoms with Crippen LogP contribution < -0.4 is 19.7 Å². The van der Waals surface area contributed by atoms with Crippen LogP contribution in [0.4, 0.5) is 11.4 Å². The lowest BCUT2D eigenvalue weighted by atomic mass is 10.1. The molecule has 8 heteroatoms. The number of hydrogen-bond acceptors (Lipinski definition) is 6. The third-order valence-electron chi connectivity index (χ3n) is 4.75. The van der Waals surface area contributed by atoms with E-state index in [2.05, 4.69) is 10.5 Å². The topological polar surface area (TPSA) is 93.9 Å². The van der Waals surface area contributed by atoms with Crippen LogP contribution in [-0.4, -0.2) is 36.7 Å². The minimum atomic E-state index is -0.543. The van der Waals surface area contributed by atoms with Gasteiger partial charge in [-0.15, -0.1) is 0 Å². The Bertz CT molecular complexity index is 1090. The molecule has 2 aromatic carbocycles. The van der Waals surface area contributed by atoms with Crippen LogP contribution in [0.2, 0.25) is 0 Å². The third kappa shape index (κ3) is 3.71. The van der Waals surface area contributed by atoms with Gasteiger partial charge in [0.05, 0.1) is 12.3 Å². The van der Waals surface area contributed by atoms with E-state index in [1.54, 1.807) is 38.2 Å². The van der Waals surface area contributed by atoms with E-state index in [0.29, 0.717) is 29.5 Å². The summed E-state index contributed by atoms with van der Waals surface area (Å²) in [7, 11) is 1.67. The van der Waals surface area contributed by atoms with E-state index in [1.165, 1.54) is 4.90 Å². The zero-order valence-electron chi connectivity index (χ0n) is 16.8. The smallest absolute Gasteiger partial charge is 0.277 e. The average Bonchev–Trinajstić information content (AvgIpc) is 3.24. The number of likely N-dealkylation sites (N-methyl/N-ethyl adjacent to an activating group) is 1. The van der Waals surface area contributed by atoms with Gasteiger partial charge in [-0.25, -0.2) is 0 Å². The predicted molar refractivity (Wildman–Crippen MR) is 111 cm³/mol. The Morgan fingerprint density at radius 1 is 1.20 bits per heavy atom. The molecule has 1 atom stereocenters. The van der Waals surface area contributed by atoms with Crippen LogP contribution in [0.5, 0.6) is 11.5 Å². The normalized spacial score (nSPS) is 15.4. The van der Waals surface area contributed by atoms with Crippen molar-refractivity contribution in [3.8, 4) is 22.8 Å². The first-order valence-electron chi connectivity index (χ1n) is 9.56. The molecule has 1 aromatic heterocycles. The first-order chi connectivity index (χ1) is 14.5. The van der Waals surface area contributed by atoms with E-state index in [-0.39, 0.29) is 11.6 Å². The molecule has 2 amide bonds. The van der Waals surface area contributed by atoms with Gasteiger partial charge in [-0.3, -0.25) is 9.59 Å². The predicted octanol–water partition coefficient (Wildman–Crippen LogP) is 3.74. The SMILES string of the molecule is CCOc1ccc(-c2cc(C(=O)Nc3ccc4c(c3)N(C)C(=O)[C@H](C)O4)no2)cc1. The van der Waals surface area contributed by atoms with E-state index < -0.39 is 12.0 Å². The number of carbonyl (C=O) groups excluding carboxylic acids is 2. The van der Waals surface area contributed by atoms with Crippen molar-refractivity contribution in [3.05, 3.63) is 54.2 Å². The lowest BCUT2D eigenvalue weighted by Crippen LogP contribution is -2.41. The summed E-state index contributed by atoms with van der Waals surface area (Å²) in [6, 6.07) is 14.0. The molecule has 0 saturated carbocycles. The molecule has 0 unspecified atom stereocenters. The summed E-state index contributed by atoms with van der Waals surface area (Å²) in [5.74, 6) is 1.24. The molecule has 3 aromatic rings. The molecule has 1 aliphatic heterocycles. The largest absolute Gasteiger partial charge is 0.494 e.